The smallest absolute Gasteiger partial charge is 0.169 e. The molecule has 0 spiro atoms. The topological polar surface area (TPSA) is 18.5 Å². The molecule has 1 aromatic carbocycles. The van der Waals surface area contributed by atoms with Gasteiger partial charge in [-0.25, -0.2) is 4.39 Å². The number of hydrogen-bond acceptors (Lipinski definition) is 2. The third-order valence-corrected chi connectivity index (χ3v) is 3.00. The van der Waals surface area contributed by atoms with E-state index in [1.807, 2.05) is 13.8 Å². The maximum atomic E-state index is 13.9. The first-order valence-corrected chi connectivity index (χ1v) is 5.42. The zero-order valence-electron chi connectivity index (χ0n) is 9.23. The molecule has 0 aliphatic carbocycles. The minimum Gasteiger partial charge on any atom is -0.495 e. The van der Waals surface area contributed by atoms with Gasteiger partial charge in [-0.1, -0.05) is 13.8 Å². The molecule has 0 N–H and O–H groups in total. The van der Waals surface area contributed by atoms with Gasteiger partial charge in [0.25, 0.3) is 0 Å². The first-order valence-electron chi connectivity index (χ1n) is 4.62. The Labute approximate surface area is 97.5 Å². The van der Waals surface area contributed by atoms with E-state index in [9.17, 15) is 4.39 Å². The van der Waals surface area contributed by atoms with Crippen LogP contribution in [0.15, 0.2) is 10.5 Å². The largest absolute Gasteiger partial charge is 0.495 e. The molecular weight excluding hydrogens is 263 g/mol. The molecule has 0 amide bonds. The monoisotopic (exact) mass is 276 g/mol. The van der Waals surface area contributed by atoms with Gasteiger partial charge >= 0.3 is 0 Å². The van der Waals surface area contributed by atoms with Crippen LogP contribution in [-0.4, -0.2) is 14.2 Å². The van der Waals surface area contributed by atoms with Gasteiger partial charge in [0.2, 0.25) is 0 Å². The predicted molar refractivity (Wildman–Crippen MR) is 61.3 cm³/mol. The summed E-state index contributed by atoms with van der Waals surface area (Å²) >= 11 is 3.34. The number of methoxy groups -OCH3 is 2. The van der Waals surface area contributed by atoms with Crippen molar-refractivity contribution >= 4 is 15.9 Å². The number of hydrogen-bond donors (Lipinski definition) is 0. The number of rotatable bonds is 3. The van der Waals surface area contributed by atoms with Crippen molar-refractivity contribution in [2.24, 2.45) is 0 Å². The highest BCUT2D eigenvalue weighted by molar-refractivity contribution is 9.10. The maximum Gasteiger partial charge on any atom is 0.169 e. The highest BCUT2D eigenvalue weighted by atomic mass is 79.9. The van der Waals surface area contributed by atoms with E-state index in [0.717, 1.165) is 0 Å². The van der Waals surface area contributed by atoms with Crippen molar-refractivity contribution in [3.8, 4) is 11.5 Å². The van der Waals surface area contributed by atoms with E-state index < -0.39 is 0 Å². The van der Waals surface area contributed by atoms with Crippen LogP contribution in [0.2, 0.25) is 0 Å². The average Bonchev–Trinajstić information content (AvgIpc) is 2.18. The van der Waals surface area contributed by atoms with Gasteiger partial charge in [-0.2, -0.15) is 0 Å². The Morgan fingerprint density at radius 3 is 2.13 bits per heavy atom. The first kappa shape index (κ1) is 12.3. The Morgan fingerprint density at radius 1 is 1.20 bits per heavy atom. The summed E-state index contributed by atoms with van der Waals surface area (Å²) in [7, 11) is 2.98. The molecule has 0 aliphatic heterocycles. The Hall–Kier alpha value is -0.770. The number of ether oxygens (including phenoxy) is 2. The van der Waals surface area contributed by atoms with Crippen molar-refractivity contribution in [2.45, 2.75) is 19.8 Å². The fraction of sp³-hybridized carbons (Fsp3) is 0.455. The van der Waals surface area contributed by atoms with Gasteiger partial charge in [0.1, 0.15) is 5.75 Å². The molecule has 0 aliphatic rings. The van der Waals surface area contributed by atoms with Crippen molar-refractivity contribution in [1.29, 1.82) is 0 Å². The Kier molecular flexibility index (Phi) is 3.97. The second-order valence-electron chi connectivity index (χ2n) is 3.48. The normalized spacial score (nSPS) is 10.6. The highest BCUT2D eigenvalue weighted by Gasteiger charge is 2.19. The molecule has 0 unspecified atom stereocenters. The van der Waals surface area contributed by atoms with E-state index in [4.69, 9.17) is 9.47 Å². The van der Waals surface area contributed by atoms with Crippen molar-refractivity contribution in [1.82, 2.24) is 0 Å². The van der Waals surface area contributed by atoms with Gasteiger partial charge in [0, 0.05) is 11.6 Å². The molecule has 0 bridgehead atoms. The summed E-state index contributed by atoms with van der Waals surface area (Å²) in [4.78, 5) is 0. The molecule has 0 atom stereocenters. The summed E-state index contributed by atoms with van der Waals surface area (Å²) < 4.78 is 24.6. The van der Waals surface area contributed by atoms with Crippen LogP contribution in [0.5, 0.6) is 11.5 Å². The van der Waals surface area contributed by atoms with Gasteiger partial charge in [-0.05, 0) is 21.8 Å². The van der Waals surface area contributed by atoms with E-state index >= 15 is 0 Å². The van der Waals surface area contributed by atoms with Crippen molar-refractivity contribution < 1.29 is 13.9 Å². The predicted octanol–water partition coefficient (Wildman–Crippen LogP) is 3.73. The molecule has 0 fully saturated rings. The summed E-state index contributed by atoms with van der Waals surface area (Å²) in [6, 6.07) is 1.53. The minimum absolute atomic E-state index is 0.0587. The van der Waals surface area contributed by atoms with Gasteiger partial charge in [0.15, 0.2) is 11.6 Å². The number of benzene rings is 1. The lowest BCUT2D eigenvalue weighted by atomic mass is 10.0. The van der Waals surface area contributed by atoms with Gasteiger partial charge in [-0.3, -0.25) is 0 Å². The van der Waals surface area contributed by atoms with E-state index in [-0.39, 0.29) is 17.5 Å². The SMILES string of the molecule is COc1cc(OC)c(Br)c(C(C)C)c1F. The average molecular weight is 277 g/mol. The van der Waals surface area contributed by atoms with Crippen LogP contribution in [-0.2, 0) is 0 Å². The summed E-state index contributed by atoms with van der Waals surface area (Å²) in [6.45, 7) is 3.84. The molecule has 0 saturated heterocycles. The van der Waals surface area contributed by atoms with Crippen LogP contribution in [0.25, 0.3) is 0 Å². The van der Waals surface area contributed by atoms with Crippen LogP contribution < -0.4 is 9.47 Å². The van der Waals surface area contributed by atoms with Crippen LogP contribution in [0.1, 0.15) is 25.3 Å². The lowest BCUT2D eigenvalue weighted by molar-refractivity contribution is 0.368. The molecule has 84 valence electrons. The van der Waals surface area contributed by atoms with Crippen LogP contribution >= 0.6 is 15.9 Å². The molecule has 0 heterocycles. The third-order valence-electron chi connectivity index (χ3n) is 2.18. The molecule has 2 nitrogen and oxygen atoms in total. The second kappa shape index (κ2) is 4.84. The molecule has 0 aromatic heterocycles. The Bertz CT molecular complexity index is 336. The molecule has 4 heteroatoms. The van der Waals surface area contributed by atoms with E-state index in [0.29, 0.717) is 15.8 Å². The maximum absolute atomic E-state index is 13.9. The standard InChI is InChI=1S/C11H14BrFO2/c1-6(2)9-10(12)7(14-3)5-8(15-4)11(9)13/h5-6H,1-4H3. The van der Waals surface area contributed by atoms with Gasteiger partial charge in [-0.15, -0.1) is 0 Å². The summed E-state index contributed by atoms with van der Waals surface area (Å²) in [5, 5.41) is 0. The zero-order valence-corrected chi connectivity index (χ0v) is 10.8. The molecule has 1 rings (SSSR count). The quantitative estimate of drug-likeness (QED) is 0.838. The lowest BCUT2D eigenvalue weighted by Crippen LogP contribution is -2.01. The van der Waals surface area contributed by atoms with Crippen molar-refractivity contribution in [3.05, 3.63) is 21.9 Å². The van der Waals surface area contributed by atoms with Crippen LogP contribution in [0.3, 0.4) is 0 Å². The minimum atomic E-state index is -0.333. The highest BCUT2D eigenvalue weighted by Crippen LogP contribution is 2.39. The molecular formula is C11H14BrFO2. The Morgan fingerprint density at radius 2 is 1.73 bits per heavy atom. The molecule has 15 heavy (non-hydrogen) atoms. The van der Waals surface area contributed by atoms with E-state index in [1.54, 1.807) is 7.11 Å². The molecule has 1 aromatic rings. The lowest BCUT2D eigenvalue weighted by Gasteiger charge is -2.15. The fourth-order valence-corrected chi connectivity index (χ4v) is 2.32. The zero-order chi connectivity index (χ0) is 11.6. The summed E-state index contributed by atoms with van der Waals surface area (Å²) in [5.74, 6) is 0.513. The molecule has 0 radical (unpaired) electrons. The van der Waals surface area contributed by atoms with Crippen molar-refractivity contribution in [2.75, 3.05) is 14.2 Å². The number of halogens is 2. The van der Waals surface area contributed by atoms with Gasteiger partial charge < -0.3 is 9.47 Å². The van der Waals surface area contributed by atoms with Gasteiger partial charge in [0.05, 0.1) is 18.7 Å². The van der Waals surface area contributed by atoms with Crippen LogP contribution in [0.4, 0.5) is 4.39 Å². The van der Waals surface area contributed by atoms with Crippen molar-refractivity contribution in [3.63, 3.8) is 0 Å². The Balaban J connectivity index is 3.46. The second-order valence-corrected chi connectivity index (χ2v) is 4.27. The van der Waals surface area contributed by atoms with Crippen LogP contribution in [0, 0.1) is 5.82 Å². The first-order chi connectivity index (χ1) is 7.02. The van der Waals surface area contributed by atoms with E-state index in [2.05, 4.69) is 15.9 Å². The van der Waals surface area contributed by atoms with E-state index in [1.165, 1.54) is 13.2 Å². The molecule has 0 saturated carbocycles. The summed E-state index contributed by atoms with van der Waals surface area (Å²) in [5.41, 5.74) is 0.575. The fourth-order valence-electron chi connectivity index (χ4n) is 1.41. The third kappa shape index (κ3) is 2.25. The summed E-state index contributed by atoms with van der Waals surface area (Å²) in [6.07, 6.45) is 0.